The Kier molecular flexibility index (Phi) is 5.96. The van der Waals surface area contributed by atoms with Gasteiger partial charge in [-0.2, -0.15) is 0 Å². The summed E-state index contributed by atoms with van der Waals surface area (Å²) in [6.45, 7) is 5.02. The Morgan fingerprint density at radius 1 is 1.04 bits per heavy atom. The summed E-state index contributed by atoms with van der Waals surface area (Å²) in [5, 5.41) is 0. The van der Waals surface area contributed by atoms with Gasteiger partial charge in [0, 0.05) is 5.56 Å². The molecule has 0 N–H and O–H groups in total. The number of carbonyl (C=O) groups excluding carboxylic acids is 4. The summed E-state index contributed by atoms with van der Waals surface area (Å²) < 4.78 is 5.31. The number of fused-ring (bicyclic) bond motifs is 1. The van der Waals surface area contributed by atoms with E-state index < -0.39 is 18.1 Å². The van der Waals surface area contributed by atoms with Crippen molar-refractivity contribution in [1.82, 2.24) is 4.90 Å². The highest BCUT2D eigenvalue weighted by atomic mass is 16.5. The molecule has 1 saturated heterocycles. The molecule has 0 radical (unpaired) electrons. The first-order valence-electron chi connectivity index (χ1n) is 10.1. The average molecular weight is 385 g/mol. The van der Waals surface area contributed by atoms with Crippen molar-refractivity contribution in [3.63, 3.8) is 0 Å². The van der Waals surface area contributed by atoms with E-state index in [1.807, 2.05) is 19.1 Å². The minimum Gasteiger partial charge on any atom is -0.453 e. The summed E-state index contributed by atoms with van der Waals surface area (Å²) >= 11 is 0. The Balaban J connectivity index is 1.65. The number of Topliss-reactive ketones (excluding diaryl/α,β-unsaturated/α-hetero) is 1. The number of esters is 1. The van der Waals surface area contributed by atoms with Crippen LogP contribution < -0.4 is 0 Å². The molecule has 1 aliphatic carbocycles. The molecule has 1 aromatic carbocycles. The van der Waals surface area contributed by atoms with Crippen LogP contribution in [-0.4, -0.2) is 40.6 Å². The molecule has 1 aliphatic heterocycles. The zero-order valence-corrected chi connectivity index (χ0v) is 16.6. The maximum atomic E-state index is 12.6. The molecular weight excluding hydrogens is 358 g/mol. The molecule has 1 aromatic rings. The first-order valence-corrected chi connectivity index (χ1v) is 10.1. The van der Waals surface area contributed by atoms with Crippen LogP contribution in [-0.2, 0) is 25.5 Å². The van der Waals surface area contributed by atoms with Crippen LogP contribution in [0.2, 0.25) is 0 Å². The first-order chi connectivity index (χ1) is 13.3. The van der Waals surface area contributed by atoms with E-state index in [1.54, 1.807) is 12.1 Å². The molecule has 0 spiro atoms. The van der Waals surface area contributed by atoms with Crippen molar-refractivity contribution in [3.05, 3.63) is 35.4 Å². The Bertz CT molecular complexity index is 761. The zero-order chi connectivity index (χ0) is 20.4. The van der Waals surface area contributed by atoms with Gasteiger partial charge < -0.3 is 4.74 Å². The van der Waals surface area contributed by atoms with Crippen molar-refractivity contribution in [2.24, 2.45) is 11.8 Å². The van der Waals surface area contributed by atoms with Crippen LogP contribution in [0, 0.1) is 11.8 Å². The van der Waals surface area contributed by atoms with E-state index in [0.29, 0.717) is 18.4 Å². The van der Waals surface area contributed by atoms with Gasteiger partial charge in [0.2, 0.25) is 17.6 Å². The molecule has 2 fully saturated rings. The summed E-state index contributed by atoms with van der Waals surface area (Å²) in [4.78, 5) is 51.4. The molecule has 0 bridgehead atoms. The van der Waals surface area contributed by atoms with Gasteiger partial charge in [0.15, 0.2) is 6.10 Å². The van der Waals surface area contributed by atoms with E-state index in [1.165, 1.54) is 13.8 Å². The Morgan fingerprint density at radius 3 is 2.07 bits per heavy atom. The van der Waals surface area contributed by atoms with Gasteiger partial charge >= 0.3 is 5.97 Å². The summed E-state index contributed by atoms with van der Waals surface area (Å²) in [7, 11) is 0. The summed E-state index contributed by atoms with van der Waals surface area (Å²) in [5.74, 6) is -2.23. The fraction of sp³-hybridized carbons (Fsp3) is 0.545. The highest BCUT2D eigenvalue weighted by Gasteiger charge is 2.51. The largest absolute Gasteiger partial charge is 0.453 e. The van der Waals surface area contributed by atoms with Gasteiger partial charge in [0.25, 0.3) is 0 Å². The molecule has 150 valence electrons. The number of aryl methyl sites for hydroxylation is 1. The average Bonchev–Trinajstić information content (AvgIpc) is 2.97. The van der Waals surface area contributed by atoms with Crippen molar-refractivity contribution < 1.29 is 23.9 Å². The molecule has 6 heteroatoms. The lowest BCUT2D eigenvalue weighted by atomic mass is 9.81. The van der Waals surface area contributed by atoms with Crippen LogP contribution in [0.15, 0.2) is 24.3 Å². The van der Waals surface area contributed by atoms with Crippen molar-refractivity contribution in [1.29, 1.82) is 0 Å². The Morgan fingerprint density at radius 2 is 1.57 bits per heavy atom. The molecule has 0 aromatic heterocycles. The second-order valence-corrected chi connectivity index (χ2v) is 7.71. The molecule has 6 nitrogen and oxygen atoms in total. The second kappa shape index (κ2) is 8.25. The van der Waals surface area contributed by atoms with Crippen LogP contribution in [0.25, 0.3) is 0 Å². The minimum atomic E-state index is -1.02. The van der Waals surface area contributed by atoms with Gasteiger partial charge in [-0.25, -0.2) is 4.79 Å². The summed E-state index contributed by atoms with van der Waals surface area (Å²) in [5.41, 5.74) is 1.58. The van der Waals surface area contributed by atoms with Gasteiger partial charge in [-0.3, -0.25) is 19.3 Å². The topological polar surface area (TPSA) is 80.8 Å². The van der Waals surface area contributed by atoms with Gasteiger partial charge in [0.05, 0.1) is 11.8 Å². The van der Waals surface area contributed by atoms with Crippen LogP contribution in [0.5, 0.6) is 0 Å². The predicted octanol–water partition coefficient (Wildman–Crippen LogP) is 2.93. The molecule has 1 heterocycles. The molecule has 4 atom stereocenters. The van der Waals surface area contributed by atoms with E-state index in [2.05, 4.69) is 0 Å². The van der Waals surface area contributed by atoms with Gasteiger partial charge in [0.1, 0.15) is 6.04 Å². The van der Waals surface area contributed by atoms with E-state index in [4.69, 9.17) is 4.74 Å². The van der Waals surface area contributed by atoms with Crippen molar-refractivity contribution in [2.75, 3.05) is 0 Å². The van der Waals surface area contributed by atoms with Gasteiger partial charge in [-0.15, -0.1) is 0 Å². The highest BCUT2D eigenvalue weighted by Crippen LogP contribution is 2.39. The van der Waals surface area contributed by atoms with E-state index in [9.17, 15) is 19.2 Å². The number of imide groups is 1. The van der Waals surface area contributed by atoms with Crippen LogP contribution in [0.1, 0.15) is 62.4 Å². The number of hydrogen-bond donors (Lipinski definition) is 0. The number of amides is 2. The quantitative estimate of drug-likeness (QED) is 0.427. The third kappa shape index (κ3) is 3.73. The lowest BCUT2D eigenvalue weighted by molar-refractivity contribution is -0.159. The third-order valence-electron chi connectivity index (χ3n) is 5.91. The molecule has 28 heavy (non-hydrogen) atoms. The fourth-order valence-corrected chi connectivity index (χ4v) is 4.14. The molecule has 1 saturated carbocycles. The standard InChI is InChI=1S/C22H27NO5/c1-4-15-9-11-16(12-10-15)19(24)14(3)28-22(27)13(2)23-20(25)17-7-5-6-8-18(17)21(23)26/h9-14,17-18H,4-8H2,1-3H3. The SMILES string of the molecule is CCc1ccc(C(=O)C(C)OC(=O)C(C)N2C(=O)C3CCCCC3C2=O)cc1. The summed E-state index contributed by atoms with van der Waals surface area (Å²) in [6.07, 6.45) is 3.12. The number of ketones is 1. The maximum absolute atomic E-state index is 12.6. The molecular formula is C22H27NO5. The van der Waals surface area contributed by atoms with E-state index in [0.717, 1.165) is 29.7 Å². The Hall–Kier alpha value is -2.50. The predicted molar refractivity (Wildman–Crippen MR) is 102 cm³/mol. The molecule has 2 amide bonds. The Labute approximate surface area is 165 Å². The molecule has 2 aliphatic rings. The lowest BCUT2D eigenvalue weighted by Gasteiger charge is -2.23. The number of carbonyl (C=O) groups is 4. The van der Waals surface area contributed by atoms with Gasteiger partial charge in [-0.05, 0) is 38.7 Å². The monoisotopic (exact) mass is 385 g/mol. The van der Waals surface area contributed by atoms with Crippen molar-refractivity contribution in [2.45, 2.75) is 65.0 Å². The lowest BCUT2D eigenvalue weighted by Crippen LogP contribution is -2.45. The first kappa shape index (κ1) is 20.2. The maximum Gasteiger partial charge on any atom is 0.329 e. The highest BCUT2D eigenvalue weighted by molar-refractivity contribution is 6.08. The number of hydrogen-bond acceptors (Lipinski definition) is 5. The van der Waals surface area contributed by atoms with Crippen molar-refractivity contribution >= 4 is 23.6 Å². The number of ether oxygens (including phenoxy) is 1. The smallest absolute Gasteiger partial charge is 0.329 e. The van der Waals surface area contributed by atoms with Crippen LogP contribution >= 0.6 is 0 Å². The molecule has 3 rings (SSSR count). The summed E-state index contributed by atoms with van der Waals surface area (Å²) in [6, 6.07) is 6.14. The zero-order valence-electron chi connectivity index (χ0n) is 16.6. The van der Waals surface area contributed by atoms with Gasteiger partial charge in [-0.1, -0.05) is 44.0 Å². The third-order valence-corrected chi connectivity index (χ3v) is 5.91. The van der Waals surface area contributed by atoms with Crippen LogP contribution in [0.4, 0.5) is 0 Å². The molecule has 4 unspecified atom stereocenters. The minimum absolute atomic E-state index is 0.284. The number of benzene rings is 1. The van der Waals surface area contributed by atoms with E-state index >= 15 is 0 Å². The second-order valence-electron chi connectivity index (χ2n) is 7.71. The normalized spacial score (nSPS) is 23.9. The van der Waals surface area contributed by atoms with Crippen LogP contribution in [0.3, 0.4) is 0 Å². The number of nitrogens with zero attached hydrogens (tertiary/aromatic N) is 1. The van der Waals surface area contributed by atoms with Crippen molar-refractivity contribution in [3.8, 4) is 0 Å². The fourth-order valence-electron chi connectivity index (χ4n) is 4.14. The number of rotatable bonds is 6. The van der Waals surface area contributed by atoms with E-state index in [-0.39, 0.29) is 29.4 Å². The number of likely N-dealkylation sites (tertiary alicyclic amines) is 1.